The monoisotopic (exact) mass is 535 g/mol. The molecule has 0 saturated carbocycles. The number of carboxylic acid groups (broad SMARTS) is 1. The second-order valence-corrected chi connectivity index (χ2v) is 8.90. The number of methoxy groups -OCH3 is 2. The number of likely N-dealkylation sites (N-methyl/N-ethyl adjacent to an activating group) is 1. The molecule has 3 aromatic carbocycles. The van der Waals surface area contributed by atoms with Crippen molar-refractivity contribution in [3.8, 4) is 11.5 Å². The van der Waals surface area contributed by atoms with Crippen LogP contribution in [0, 0.1) is 0 Å². The van der Waals surface area contributed by atoms with E-state index >= 15 is 0 Å². The molecule has 0 radical (unpaired) electrons. The molecule has 0 aliphatic rings. The van der Waals surface area contributed by atoms with Gasteiger partial charge in [0.15, 0.2) is 0 Å². The van der Waals surface area contributed by atoms with E-state index < -0.39 is 17.5 Å². The van der Waals surface area contributed by atoms with E-state index in [0.29, 0.717) is 19.7 Å². The van der Waals surface area contributed by atoms with Crippen molar-refractivity contribution in [2.24, 2.45) is 0 Å². The summed E-state index contributed by atoms with van der Waals surface area (Å²) in [7, 11) is 3.28. The highest BCUT2D eigenvalue weighted by Gasteiger charge is 2.37. The van der Waals surface area contributed by atoms with Crippen LogP contribution in [0.3, 0.4) is 0 Å². The fourth-order valence-corrected chi connectivity index (χ4v) is 4.40. The number of esters is 1. The molecule has 0 spiro atoms. The third-order valence-electron chi connectivity index (χ3n) is 6.56. The first-order chi connectivity index (χ1) is 18.9. The normalized spacial score (nSPS) is 11.3. The molecule has 0 saturated heterocycles. The minimum Gasteiger partial charge on any atom is -0.497 e. The number of ether oxygens (including phenoxy) is 4. The van der Waals surface area contributed by atoms with E-state index in [0.717, 1.165) is 34.7 Å². The van der Waals surface area contributed by atoms with Gasteiger partial charge in [0, 0.05) is 13.1 Å². The molecule has 8 heteroatoms. The van der Waals surface area contributed by atoms with Crippen LogP contribution in [0.25, 0.3) is 0 Å². The summed E-state index contributed by atoms with van der Waals surface area (Å²) in [5.74, 6) is -0.0160. The van der Waals surface area contributed by atoms with Gasteiger partial charge in [-0.3, -0.25) is 14.5 Å². The van der Waals surface area contributed by atoms with E-state index in [2.05, 4.69) is 17.0 Å². The van der Waals surface area contributed by atoms with Gasteiger partial charge >= 0.3 is 11.9 Å². The number of hydrogen-bond donors (Lipinski definition) is 1. The van der Waals surface area contributed by atoms with Crippen LogP contribution in [0.5, 0.6) is 11.5 Å². The molecule has 0 bridgehead atoms. The lowest BCUT2D eigenvalue weighted by Gasteiger charge is -2.37. The number of carbonyl (C=O) groups excluding carboxylic acids is 1. The summed E-state index contributed by atoms with van der Waals surface area (Å²) in [4.78, 5) is 24.6. The fourth-order valence-electron chi connectivity index (χ4n) is 4.40. The Morgan fingerprint density at radius 1 is 0.744 bits per heavy atom. The third kappa shape index (κ3) is 8.05. The van der Waals surface area contributed by atoms with E-state index in [1.165, 1.54) is 0 Å². The van der Waals surface area contributed by atoms with Gasteiger partial charge in [0.2, 0.25) is 0 Å². The zero-order valence-electron chi connectivity index (χ0n) is 22.8. The molecule has 1 N–H and O–H groups in total. The summed E-state index contributed by atoms with van der Waals surface area (Å²) >= 11 is 0. The van der Waals surface area contributed by atoms with Gasteiger partial charge in [-0.05, 0) is 47.5 Å². The third-order valence-corrected chi connectivity index (χ3v) is 6.56. The van der Waals surface area contributed by atoms with Gasteiger partial charge in [0.05, 0.1) is 33.7 Å². The number of benzene rings is 3. The Morgan fingerprint density at radius 2 is 1.26 bits per heavy atom. The van der Waals surface area contributed by atoms with Crippen LogP contribution in [0.15, 0.2) is 78.9 Å². The van der Waals surface area contributed by atoms with Crippen molar-refractivity contribution in [1.29, 1.82) is 0 Å². The summed E-state index contributed by atoms with van der Waals surface area (Å²) < 4.78 is 22.9. The molecule has 8 nitrogen and oxygen atoms in total. The molecule has 0 amide bonds. The molecule has 39 heavy (non-hydrogen) atoms. The molecule has 0 aliphatic heterocycles. The van der Waals surface area contributed by atoms with Crippen LogP contribution in [0.1, 0.15) is 36.5 Å². The van der Waals surface area contributed by atoms with Crippen molar-refractivity contribution in [2.75, 3.05) is 47.1 Å². The van der Waals surface area contributed by atoms with E-state index in [-0.39, 0.29) is 19.4 Å². The molecule has 0 unspecified atom stereocenters. The van der Waals surface area contributed by atoms with E-state index in [9.17, 15) is 9.59 Å². The molecule has 0 atom stereocenters. The Kier molecular flexibility index (Phi) is 11.3. The summed E-state index contributed by atoms with van der Waals surface area (Å²) in [5, 5.41) is 8.73. The van der Waals surface area contributed by atoms with Gasteiger partial charge in [-0.1, -0.05) is 61.5 Å². The quantitative estimate of drug-likeness (QED) is 0.208. The molecule has 0 aliphatic carbocycles. The summed E-state index contributed by atoms with van der Waals surface area (Å²) in [6.45, 7) is 4.47. The Balaban J connectivity index is 1.84. The maximum atomic E-state index is 11.8. The maximum absolute atomic E-state index is 11.8. The van der Waals surface area contributed by atoms with Crippen molar-refractivity contribution >= 4 is 11.9 Å². The van der Waals surface area contributed by atoms with Crippen molar-refractivity contribution in [1.82, 2.24) is 4.90 Å². The van der Waals surface area contributed by atoms with Crippen molar-refractivity contribution in [2.45, 2.75) is 25.4 Å². The maximum Gasteiger partial charge on any atom is 0.306 e. The first-order valence-corrected chi connectivity index (χ1v) is 13.0. The smallest absolute Gasteiger partial charge is 0.306 e. The van der Waals surface area contributed by atoms with Crippen LogP contribution in [0.2, 0.25) is 0 Å². The highest BCUT2D eigenvalue weighted by Crippen LogP contribution is 2.41. The lowest BCUT2D eigenvalue weighted by molar-refractivity contribution is -0.148. The van der Waals surface area contributed by atoms with Crippen molar-refractivity contribution < 1.29 is 33.6 Å². The van der Waals surface area contributed by atoms with Gasteiger partial charge in [0.1, 0.15) is 23.7 Å². The van der Waals surface area contributed by atoms with Gasteiger partial charge < -0.3 is 24.1 Å². The van der Waals surface area contributed by atoms with Crippen LogP contribution in [-0.4, -0.2) is 69.0 Å². The van der Waals surface area contributed by atoms with Crippen molar-refractivity contribution in [3.63, 3.8) is 0 Å². The second-order valence-electron chi connectivity index (χ2n) is 8.90. The Labute approximate surface area is 230 Å². The minimum absolute atomic E-state index is 0.131. The van der Waals surface area contributed by atoms with Crippen molar-refractivity contribution in [3.05, 3.63) is 95.6 Å². The predicted octanol–water partition coefficient (Wildman–Crippen LogP) is 4.74. The van der Waals surface area contributed by atoms with Gasteiger partial charge in [-0.2, -0.15) is 0 Å². The van der Waals surface area contributed by atoms with Crippen LogP contribution >= 0.6 is 0 Å². The number of carboxylic acids is 1. The molecular weight excluding hydrogens is 498 g/mol. The number of aliphatic carboxylic acids is 1. The van der Waals surface area contributed by atoms with E-state index in [1.54, 1.807) is 14.2 Å². The number of nitrogens with zero attached hydrogens (tertiary/aromatic N) is 1. The first-order valence-electron chi connectivity index (χ1n) is 13.0. The molecule has 208 valence electrons. The minimum atomic E-state index is -1.02. The molecule has 0 aromatic heterocycles. The summed E-state index contributed by atoms with van der Waals surface area (Å²) in [5.41, 5.74) is 1.99. The Morgan fingerprint density at radius 3 is 1.74 bits per heavy atom. The number of rotatable bonds is 16. The molecular formula is C31H37NO7. The molecule has 3 rings (SSSR count). The second kappa shape index (κ2) is 14.9. The van der Waals surface area contributed by atoms with Gasteiger partial charge in [-0.15, -0.1) is 0 Å². The summed E-state index contributed by atoms with van der Waals surface area (Å²) in [6.07, 6.45) is -0.365. The predicted molar refractivity (Wildman–Crippen MR) is 148 cm³/mol. The molecule has 0 heterocycles. The van der Waals surface area contributed by atoms with Crippen LogP contribution in [-0.2, 0) is 24.7 Å². The molecule has 3 aromatic rings. The zero-order chi connectivity index (χ0) is 28.1. The topological polar surface area (TPSA) is 94.5 Å². The van der Waals surface area contributed by atoms with E-state index in [1.807, 2.05) is 73.7 Å². The van der Waals surface area contributed by atoms with E-state index in [4.69, 9.17) is 24.1 Å². The zero-order valence-corrected chi connectivity index (χ0v) is 22.8. The number of hydrogen-bond acceptors (Lipinski definition) is 7. The van der Waals surface area contributed by atoms with Gasteiger partial charge in [0.25, 0.3) is 0 Å². The largest absolute Gasteiger partial charge is 0.497 e. The highest BCUT2D eigenvalue weighted by atomic mass is 16.5. The number of carbonyl (C=O) groups is 2. The summed E-state index contributed by atoms with van der Waals surface area (Å²) in [6, 6.07) is 25.9. The SMILES string of the molecule is CCN(CCOC(=O)CCC(=O)O)CCOC(c1ccccc1)(c1ccc(OC)cc1)c1ccc(OC)cc1. The fraction of sp³-hybridized carbons (Fsp3) is 0.355. The Bertz CT molecular complexity index is 1120. The van der Waals surface area contributed by atoms with Crippen LogP contribution in [0.4, 0.5) is 0 Å². The average molecular weight is 536 g/mol. The lowest BCUT2D eigenvalue weighted by atomic mass is 9.80. The van der Waals surface area contributed by atoms with Gasteiger partial charge in [-0.25, -0.2) is 0 Å². The standard InChI is InChI=1S/C31H37NO7/c1-4-32(20-22-38-30(35)19-18-29(33)34)21-23-39-31(24-8-6-5-7-9-24,25-10-14-27(36-2)15-11-25)26-12-16-28(37-3)17-13-26/h5-17H,4,18-23H2,1-3H3,(H,33,34). The first kappa shape index (κ1) is 29.7. The average Bonchev–Trinajstić information content (AvgIpc) is 2.98. The highest BCUT2D eigenvalue weighted by molar-refractivity contribution is 5.76. The van der Waals surface area contributed by atoms with Crippen LogP contribution < -0.4 is 9.47 Å². The molecule has 0 fully saturated rings. The lowest BCUT2D eigenvalue weighted by Crippen LogP contribution is -2.37. The Hall–Kier alpha value is -3.88.